The molecule has 4 nitrogen and oxygen atoms in total. The smallest absolute Gasteiger partial charge is 0.274 e. The molecule has 1 heterocycles. The molecule has 0 atom stereocenters. The van der Waals surface area contributed by atoms with Crippen molar-refractivity contribution in [2.45, 2.75) is 0 Å². The second-order valence-corrected chi connectivity index (χ2v) is 4.53. The van der Waals surface area contributed by atoms with E-state index < -0.39 is 0 Å². The van der Waals surface area contributed by atoms with Crippen LogP contribution < -0.4 is 4.90 Å². The van der Waals surface area contributed by atoms with Gasteiger partial charge in [0.25, 0.3) is 5.91 Å². The highest BCUT2D eigenvalue weighted by molar-refractivity contribution is 9.10. The lowest BCUT2D eigenvalue weighted by Crippen LogP contribution is -2.26. The molecule has 2 rings (SSSR count). The minimum Gasteiger partial charge on any atom is -0.508 e. The maximum absolute atomic E-state index is 12.1. The summed E-state index contributed by atoms with van der Waals surface area (Å²) in [6.07, 6.45) is 1.70. The lowest BCUT2D eigenvalue weighted by atomic mass is 10.2. The van der Waals surface area contributed by atoms with Crippen molar-refractivity contribution in [3.8, 4) is 5.75 Å². The molecule has 0 bridgehead atoms. The number of halogens is 1. The van der Waals surface area contributed by atoms with E-state index in [1.165, 1.54) is 11.0 Å². The van der Waals surface area contributed by atoms with E-state index in [1.54, 1.807) is 37.5 Å². The van der Waals surface area contributed by atoms with Gasteiger partial charge in [-0.25, -0.2) is 0 Å². The Morgan fingerprint density at radius 2 is 2.18 bits per heavy atom. The molecule has 0 fully saturated rings. The number of amides is 1. The number of carbonyl (C=O) groups is 1. The lowest BCUT2D eigenvalue weighted by molar-refractivity contribution is 0.0989. The predicted molar refractivity (Wildman–Crippen MR) is 69.3 cm³/mol. The number of anilines is 1. The number of benzene rings is 1. The highest BCUT2D eigenvalue weighted by Gasteiger charge is 2.15. The first-order valence-electron chi connectivity index (χ1n) is 4.99. The van der Waals surface area contributed by atoms with Gasteiger partial charge in [-0.15, -0.1) is 0 Å². The topological polar surface area (TPSA) is 56.3 Å². The molecule has 0 saturated heterocycles. The SMILES string of the molecule is CN(C(=O)c1cc(Br)c[nH]1)c1cccc(O)c1. The first-order valence-corrected chi connectivity index (χ1v) is 5.78. The molecule has 0 aliphatic heterocycles. The maximum atomic E-state index is 12.1. The molecule has 88 valence electrons. The fraction of sp³-hybridized carbons (Fsp3) is 0.0833. The number of H-pyrrole nitrogens is 1. The molecule has 1 aromatic heterocycles. The largest absolute Gasteiger partial charge is 0.508 e. The number of nitrogens with one attached hydrogen (secondary N) is 1. The summed E-state index contributed by atoms with van der Waals surface area (Å²) in [7, 11) is 1.66. The molecular formula is C12H11BrN2O2. The van der Waals surface area contributed by atoms with Crippen molar-refractivity contribution in [3.05, 3.63) is 46.7 Å². The summed E-state index contributed by atoms with van der Waals surface area (Å²) in [5.41, 5.74) is 1.13. The van der Waals surface area contributed by atoms with Gasteiger partial charge < -0.3 is 15.0 Å². The predicted octanol–water partition coefficient (Wildman–Crippen LogP) is 2.76. The minimum atomic E-state index is -0.165. The van der Waals surface area contributed by atoms with Crippen LogP contribution in [0.15, 0.2) is 41.0 Å². The van der Waals surface area contributed by atoms with E-state index in [4.69, 9.17) is 0 Å². The van der Waals surface area contributed by atoms with Crippen molar-refractivity contribution < 1.29 is 9.90 Å². The normalized spacial score (nSPS) is 10.2. The Morgan fingerprint density at radius 3 is 2.76 bits per heavy atom. The minimum absolute atomic E-state index is 0.134. The number of hydrogen-bond acceptors (Lipinski definition) is 2. The van der Waals surface area contributed by atoms with Gasteiger partial charge in [0, 0.05) is 29.5 Å². The molecule has 17 heavy (non-hydrogen) atoms. The summed E-state index contributed by atoms with van der Waals surface area (Å²) >= 11 is 3.28. The summed E-state index contributed by atoms with van der Waals surface area (Å²) in [5.74, 6) is -0.0314. The summed E-state index contributed by atoms with van der Waals surface area (Å²) in [6, 6.07) is 8.26. The van der Waals surface area contributed by atoms with Crippen LogP contribution in [0, 0.1) is 0 Å². The fourth-order valence-electron chi connectivity index (χ4n) is 1.49. The molecular weight excluding hydrogens is 284 g/mol. The van der Waals surface area contributed by atoms with E-state index in [-0.39, 0.29) is 11.7 Å². The molecule has 1 aromatic carbocycles. The standard InChI is InChI=1S/C12H11BrN2O2/c1-15(9-3-2-4-10(16)6-9)12(17)11-5-8(13)7-14-11/h2-7,14,16H,1H3. The van der Waals surface area contributed by atoms with Gasteiger partial charge >= 0.3 is 0 Å². The Morgan fingerprint density at radius 1 is 1.41 bits per heavy atom. The number of phenols is 1. The lowest BCUT2D eigenvalue weighted by Gasteiger charge is -2.16. The van der Waals surface area contributed by atoms with E-state index in [0.717, 1.165) is 4.47 Å². The van der Waals surface area contributed by atoms with Crippen molar-refractivity contribution in [2.24, 2.45) is 0 Å². The molecule has 0 unspecified atom stereocenters. The Hall–Kier alpha value is -1.75. The Labute approximate surface area is 107 Å². The summed E-state index contributed by atoms with van der Waals surface area (Å²) in [4.78, 5) is 16.4. The van der Waals surface area contributed by atoms with Gasteiger partial charge in [-0.2, -0.15) is 0 Å². The number of phenolic OH excluding ortho intramolecular Hbond substituents is 1. The van der Waals surface area contributed by atoms with Gasteiger partial charge in [0.15, 0.2) is 0 Å². The molecule has 0 saturated carbocycles. The third-order valence-corrected chi connectivity index (χ3v) is 2.86. The number of nitrogens with zero attached hydrogens (tertiary/aromatic N) is 1. The third kappa shape index (κ3) is 2.50. The summed E-state index contributed by atoms with van der Waals surface area (Å²) < 4.78 is 0.824. The van der Waals surface area contributed by atoms with Crippen molar-refractivity contribution in [1.82, 2.24) is 4.98 Å². The molecule has 0 aliphatic rings. The van der Waals surface area contributed by atoms with Crippen LogP contribution in [0.4, 0.5) is 5.69 Å². The van der Waals surface area contributed by atoms with E-state index in [9.17, 15) is 9.90 Å². The van der Waals surface area contributed by atoms with E-state index in [2.05, 4.69) is 20.9 Å². The average Bonchev–Trinajstić information content (AvgIpc) is 2.74. The van der Waals surface area contributed by atoms with Crippen LogP contribution in [0.2, 0.25) is 0 Å². The van der Waals surface area contributed by atoms with Gasteiger partial charge in [-0.3, -0.25) is 4.79 Å². The number of aromatic hydroxyl groups is 1. The highest BCUT2D eigenvalue weighted by atomic mass is 79.9. The average molecular weight is 295 g/mol. The van der Waals surface area contributed by atoms with Crippen molar-refractivity contribution in [2.75, 3.05) is 11.9 Å². The number of rotatable bonds is 2. The summed E-state index contributed by atoms with van der Waals surface area (Å²) in [6.45, 7) is 0. The van der Waals surface area contributed by atoms with E-state index in [0.29, 0.717) is 11.4 Å². The van der Waals surface area contributed by atoms with Crippen LogP contribution in [-0.4, -0.2) is 23.0 Å². The Balaban J connectivity index is 2.26. The molecule has 2 aromatic rings. The third-order valence-electron chi connectivity index (χ3n) is 2.40. The van der Waals surface area contributed by atoms with Crippen LogP contribution in [0.5, 0.6) is 5.75 Å². The fourth-order valence-corrected chi connectivity index (χ4v) is 1.83. The van der Waals surface area contributed by atoms with E-state index in [1.807, 2.05) is 0 Å². The summed E-state index contributed by atoms with van der Waals surface area (Å²) in [5, 5.41) is 9.37. The molecule has 0 spiro atoms. The van der Waals surface area contributed by atoms with Crippen LogP contribution in [-0.2, 0) is 0 Å². The van der Waals surface area contributed by atoms with Crippen LogP contribution in [0.3, 0.4) is 0 Å². The highest BCUT2D eigenvalue weighted by Crippen LogP contribution is 2.21. The molecule has 0 radical (unpaired) electrons. The number of aromatic nitrogens is 1. The number of hydrogen-bond donors (Lipinski definition) is 2. The first-order chi connectivity index (χ1) is 8.08. The van der Waals surface area contributed by atoms with Crippen molar-refractivity contribution in [1.29, 1.82) is 0 Å². The maximum Gasteiger partial charge on any atom is 0.274 e. The van der Waals surface area contributed by atoms with Gasteiger partial charge in [0.05, 0.1) is 0 Å². The zero-order valence-corrected chi connectivity index (χ0v) is 10.7. The Kier molecular flexibility index (Phi) is 3.19. The van der Waals surface area contributed by atoms with Gasteiger partial charge in [0.2, 0.25) is 0 Å². The monoisotopic (exact) mass is 294 g/mol. The number of aromatic amines is 1. The van der Waals surface area contributed by atoms with Crippen LogP contribution in [0.25, 0.3) is 0 Å². The molecule has 1 amide bonds. The van der Waals surface area contributed by atoms with E-state index >= 15 is 0 Å². The van der Waals surface area contributed by atoms with Crippen LogP contribution in [0.1, 0.15) is 10.5 Å². The first kappa shape index (κ1) is 11.7. The molecule has 0 aliphatic carbocycles. The quantitative estimate of drug-likeness (QED) is 0.895. The van der Waals surface area contributed by atoms with Gasteiger partial charge in [-0.05, 0) is 34.1 Å². The van der Waals surface area contributed by atoms with Gasteiger partial charge in [-0.1, -0.05) is 6.07 Å². The second-order valence-electron chi connectivity index (χ2n) is 3.62. The molecule has 5 heteroatoms. The zero-order valence-electron chi connectivity index (χ0n) is 9.14. The zero-order chi connectivity index (χ0) is 12.4. The molecule has 2 N–H and O–H groups in total. The van der Waals surface area contributed by atoms with Crippen molar-refractivity contribution >= 4 is 27.5 Å². The second kappa shape index (κ2) is 4.63. The number of carbonyl (C=O) groups excluding carboxylic acids is 1. The Bertz CT molecular complexity index is 551. The van der Waals surface area contributed by atoms with Crippen LogP contribution >= 0.6 is 15.9 Å². The van der Waals surface area contributed by atoms with Gasteiger partial charge in [0.1, 0.15) is 11.4 Å². The van der Waals surface area contributed by atoms with Crippen molar-refractivity contribution in [3.63, 3.8) is 0 Å².